The molecule has 230 valence electrons. The highest BCUT2D eigenvalue weighted by Gasteiger charge is 2.28. The van der Waals surface area contributed by atoms with Gasteiger partial charge in [0.2, 0.25) is 6.79 Å². The normalized spacial score (nSPS) is 17.6. The van der Waals surface area contributed by atoms with Gasteiger partial charge in [0.25, 0.3) is 0 Å². The minimum absolute atomic E-state index is 0.0151. The number of halogens is 1. The zero-order chi connectivity index (χ0) is 30.0. The number of rotatable bonds is 7. The van der Waals surface area contributed by atoms with E-state index in [1.807, 2.05) is 32.9 Å². The van der Waals surface area contributed by atoms with Crippen LogP contribution in [0.25, 0.3) is 10.9 Å². The predicted molar refractivity (Wildman–Crippen MR) is 161 cm³/mol. The van der Waals surface area contributed by atoms with Gasteiger partial charge in [-0.05, 0) is 51.7 Å². The molecule has 11 nitrogen and oxygen atoms in total. The third kappa shape index (κ3) is 6.94. The maximum absolute atomic E-state index is 12.5. The van der Waals surface area contributed by atoms with E-state index in [2.05, 4.69) is 15.3 Å². The van der Waals surface area contributed by atoms with E-state index in [1.165, 1.54) is 6.33 Å². The largest absolute Gasteiger partial charge is 0.493 e. The molecule has 0 unspecified atom stereocenters. The van der Waals surface area contributed by atoms with E-state index < -0.39 is 5.60 Å². The highest BCUT2D eigenvalue weighted by Crippen LogP contribution is 2.46. The fraction of sp³-hybridized carbons (Fsp3) is 0.516. The SMILES string of the molecule is CC(C)(C)OC(=O)N1CCC(COc2cc(OC3CCOCC3)c3c(Nc4c(Cl)ccc5c4OCO5)ncnc3c2)CC1. The van der Waals surface area contributed by atoms with Crippen LogP contribution in [-0.2, 0) is 9.47 Å². The Morgan fingerprint density at radius 2 is 1.88 bits per heavy atom. The van der Waals surface area contributed by atoms with Gasteiger partial charge in [-0.15, -0.1) is 0 Å². The summed E-state index contributed by atoms with van der Waals surface area (Å²) in [6.45, 7) is 8.85. The minimum atomic E-state index is -0.508. The van der Waals surface area contributed by atoms with Crippen molar-refractivity contribution in [3.8, 4) is 23.0 Å². The van der Waals surface area contributed by atoms with Gasteiger partial charge >= 0.3 is 6.09 Å². The summed E-state index contributed by atoms with van der Waals surface area (Å²) >= 11 is 6.56. The van der Waals surface area contributed by atoms with Gasteiger partial charge in [0, 0.05) is 38.1 Å². The number of aromatic nitrogens is 2. The molecule has 1 aromatic heterocycles. The minimum Gasteiger partial charge on any atom is -0.493 e. The number of carbonyl (C=O) groups excluding carboxylic acids is 1. The summed E-state index contributed by atoms with van der Waals surface area (Å²) < 4.78 is 35.2. The molecule has 3 aromatic rings. The van der Waals surface area contributed by atoms with Crippen LogP contribution in [-0.4, -0.2) is 72.4 Å². The van der Waals surface area contributed by atoms with Crippen LogP contribution in [0.2, 0.25) is 5.02 Å². The quantitative estimate of drug-likeness (QED) is 0.324. The van der Waals surface area contributed by atoms with Crippen LogP contribution >= 0.6 is 11.6 Å². The number of carbonyl (C=O) groups is 1. The van der Waals surface area contributed by atoms with Gasteiger partial charge in [-0.3, -0.25) is 0 Å². The second-order valence-electron chi connectivity index (χ2n) is 12.0. The number of likely N-dealkylation sites (tertiary alicyclic amines) is 1. The number of hydrogen-bond acceptors (Lipinski definition) is 10. The Hall–Kier alpha value is -3.70. The first-order chi connectivity index (χ1) is 20.7. The molecule has 1 amide bonds. The lowest BCUT2D eigenvalue weighted by molar-refractivity contribution is 0.0163. The first kappa shape index (κ1) is 29.4. The maximum atomic E-state index is 12.5. The van der Waals surface area contributed by atoms with E-state index in [9.17, 15) is 4.79 Å². The lowest BCUT2D eigenvalue weighted by Gasteiger charge is -2.33. The lowest BCUT2D eigenvalue weighted by Crippen LogP contribution is -2.42. The number of hydrogen-bond donors (Lipinski definition) is 1. The zero-order valence-corrected chi connectivity index (χ0v) is 25.4. The molecule has 0 atom stereocenters. The van der Waals surface area contributed by atoms with Crippen molar-refractivity contribution in [1.82, 2.24) is 14.9 Å². The van der Waals surface area contributed by atoms with Crippen molar-refractivity contribution in [3.05, 3.63) is 35.6 Å². The molecule has 2 aromatic carbocycles. The van der Waals surface area contributed by atoms with Gasteiger partial charge in [0.15, 0.2) is 11.5 Å². The van der Waals surface area contributed by atoms with E-state index in [-0.39, 0.29) is 19.0 Å². The molecule has 1 N–H and O–H groups in total. The second-order valence-corrected chi connectivity index (χ2v) is 12.4. The summed E-state index contributed by atoms with van der Waals surface area (Å²) in [4.78, 5) is 23.3. The van der Waals surface area contributed by atoms with Crippen molar-refractivity contribution < 1.29 is 33.2 Å². The summed E-state index contributed by atoms with van der Waals surface area (Å²) in [5.41, 5.74) is 0.718. The summed E-state index contributed by atoms with van der Waals surface area (Å²) in [5.74, 6) is 3.24. The van der Waals surface area contributed by atoms with Crippen LogP contribution in [0.4, 0.5) is 16.3 Å². The Bertz CT molecular complexity index is 1470. The molecule has 12 heteroatoms. The second kappa shape index (κ2) is 12.5. The molecular weight excluding hydrogens is 576 g/mol. The molecule has 3 aliphatic rings. The maximum Gasteiger partial charge on any atom is 0.410 e. The third-order valence-electron chi connectivity index (χ3n) is 7.62. The van der Waals surface area contributed by atoms with E-state index in [0.29, 0.717) is 89.3 Å². The Morgan fingerprint density at radius 3 is 2.65 bits per heavy atom. The number of amides is 1. The first-order valence-electron chi connectivity index (χ1n) is 14.7. The number of nitrogens with one attached hydrogen (secondary N) is 1. The van der Waals surface area contributed by atoms with Gasteiger partial charge in [-0.1, -0.05) is 11.6 Å². The summed E-state index contributed by atoms with van der Waals surface area (Å²) in [7, 11) is 0. The molecule has 0 spiro atoms. The van der Waals surface area contributed by atoms with Crippen LogP contribution in [0.3, 0.4) is 0 Å². The molecule has 0 bridgehead atoms. The van der Waals surface area contributed by atoms with Gasteiger partial charge in [0.1, 0.15) is 41.0 Å². The van der Waals surface area contributed by atoms with Crippen LogP contribution in [0.5, 0.6) is 23.0 Å². The number of fused-ring (bicyclic) bond motifs is 2. The molecule has 4 heterocycles. The van der Waals surface area contributed by atoms with Gasteiger partial charge < -0.3 is 38.6 Å². The molecule has 43 heavy (non-hydrogen) atoms. The average Bonchev–Trinajstić information content (AvgIpc) is 3.47. The number of nitrogens with zero attached hydrogens (tertiary/aromatic N) is 3. The van der Waals surface area contributed by atoms with Crippen molar-refractivity contribution in [2.24, 2.45) is 5.92 Å². The fourth-order valence-electron chi connectivity index (χ4n) is 5.38. The summed E-state index contributed by atoms with van der Waals surface area (Å²) in [6.07, 6.45) is 4.45. The topological polar surface area (TPSA) is 114 Å². The standard InChI is InChI=1S/C31H37ClN4O7/c1-31(2,3)43-30(37)36-10-6-19(7-11-36)16-39-21-14-23-26(25(15-21)42-20-8-12-38-13-9-20)29(34-17-33-23)35-27-22(32)4-5-24-28(27)41-18-40-24/h4-5,14-15,17,19-20H,6-13,16,18H2,1-3H3,(H,33,34,35). The van der Waals surface area contributed by atoms with E-state index >= 15 is 0 Å². The number of anilines is 2. The van der Waals surface area contributed by atoms with Crippen LogP contribution < -0.4 is 24.3 Å². The van der Waals surface area contributed by atoms with Crippen molar-refractivity contribution in [1.29, 1.82) is 0 Å². The van der Waals surface area contributed by atoms with Crippen LogP contribution in [0.15, 0.2) is 30.6 Å². The van der Waals surface area contributed by atoms with Crippen LogP contribution in [0.1, 0.15) is 46.5 Å². The van der Waals surface area contributed by atoms with Crippen molar-refractivity contribution in [2.75, 3.05) is 45.0 Å². The monoisotopic (exact) mass is 612 g/mol. The molecule has 0 saturated carbocycles. The predicted octanol–water partition coefficient (Wildman–Crippen LogP) is 6.34. The lowest BCUT2D eigenvalue weighted by atomic mass is 9.98. The number of piperidine rings is 1. The van der Waals surface area contributed by atoms with E-state index in [1.54, 1.807) is 17.0 Å². The Balaban J connectivity index is 1.22. The molecule has 3 aliphatic heterocycles. The van der Waals surface area contributed by atoms with E-state index in [4.69, 9.17) is 40.0 Å². The van der Waals surface area contributed by atoms with Crippen molar-refractivity contribution >= 4 is 40.1 Å². The van der Waals surface area contributed by atoms with Gasteiger partial charge in [-0.25, -0.2) is 14.8 Å². The third-order valence-corrected chi connectivity index (χ3v) is 7.94. The summed E-state index contributed by atoms with van der Waals surface area (Å²) in [5, 5.41) is 4.53. The molecule has 0 radical (unpaired) electrons. The smallest absolute Gasteiger partial charge is 0.410 e. The number of ether oxygens (including phenoxy) is 6. The molecule has 6 rings (SSSR count). The Kier molecular flexibility index (Phi) is 8.54. The van der Waals surface area contributed by atoms with E-state index in [0.717, 1.165) is 25.7 Å². The number of benzene rings is 2. The Morgan fingerprint density at radius 1 is 1.09 bits per heavy atom. The fourth-order valence-corrected chi connectivity index (χ4v) is 5.58. The van der Waals surface area contributed by atoms with Crippen molar-refractivity contribution in [3.63, 3.8) is 0 Å². The zero-order valence-electron chi connectivity index (χ0n) is 24.7. The van der Waals surface area contributed by atoms with Gasteiger partial charge in [-0.2, -0.15) is 0 Å². The highest BCUT2D eigenvalue weighted by atomic mass is 35.5. The summed E-state index contributed by atoms with van der Waals surface area (Å²) in [6, 6.07) is 7.33. The molecule has 2 fully saturated rings. The van der Waals surface area contributed by atoms with Crippen molar-refractivity contribution in [2.45, 2.75) is 58.2 Å². The molecule has 2 saturated heterocycles. The van der Waals surface area contributed by atoms with Crippen LogP contribution in [0, 0.1) is 5.92 Å². The molecule has 0 aliphatic carbocycles. The first-order valence-corrected chi connectivity index (χ1v) is 15.1. The Labute approximate surface area is 255 Å². The molecular formula is C31H37ClN4O7. The highest BCUT2D eigenvalue weighted by molar-refractivity contribution is 6.34. The average molecular weight is 613 g/mol. The van der Waals surface area contributed by atoms with Gasteiger partial charge in [0.05, 0.1) is 35.7 Å².